The van der Waals surface area contributed by atoms with E-state index in [1.165, 1.54) is 6.08 Å². The van der Waals surface area contributed by atoms with Crippen molar-refractivity contribution in [3.63, 3.8) is 0 Å². The van der Waals surface area contributed by atoms with Crippen molar-refractivity contribution < 1.29 is 32.5 Å². The Hall–Kier alpha value is -3.03. The van der Waals surface area contributed by atoms with Crippen LogP contribution in [0, 0.1) is 0 Å². The van der Waals surface area contributed by atoms with E-state index in [-0.39, 0.29) is 5.88 Å². The Balaban J connectivity index is 1.97. The summed E-state index contributed by atoms with van der Waals surface area (Å²) < 4.78 is 48.2. The van der Waals surface area contributed by atoms with E-state index >= 15 is 0 Å². The zero-order valence-electron chi connectivity index (χ0n) is 13.0. The normalized spacial score (nSPS) is 12.8. The first kappa shape index (κ1) is 18.3. The Morgan fingerprint density at radius 3 is 2.32 bits per heavy atom. The van der Waals surface area contributed by atoms with Gasteiger partial charge in [0, 0.05) is 18.3 Å². The molecule has 1 unspecified atom stereocenters. The van der Waals surface area contributed by atoms with Crippen molar-refractivity contribution in [1.29, 1.82) is 0 Å². The zero-order valence-corrected chi connectivity index (χ0v) is 13.0. The van der Waals surface area contributed by atoms with Gasteiger partial charge >= 0.3 is 12.1 Å². The number of aliphatic carboxylic acids is 1. The number of hydrogen-bond acceptors (Lipinski definition) is 4. The van der Waals surface area contributed by atoms with Crippen LogP contribution in [0.4, 0.5) is 13.2 Å². The van der Waals surface area contributed by atoms with Crippen LogP contribution in [0.15, 0.2) is 54.7 Å². The van der Waals surface area contributed by atoms with Gasteiger partial charge in [-0.05, 0) is 43.3 Å². The Labute approximate surface area is 141 Å². The van der Waals surface area contributed by atoms with Crippen LogP contribution < -0.4 is 9.47 Å². The average molecular weight is 353 g/mol. The van der Waals surface area contributed by atoms with E-state index in [9.17, 15) is 18.0 Å². The number of ether oxygens (including phenoxy) is 2. The summed E-state index contributed by atoms with van der Waals surface area (Å²) in [6.07, 6.45) is -1.82. The van der Waals surface area contributed by atoms with Crippen molar-refractivity contribution in [3.05, 3.63) is 60.3 Å². The standard InChI is InChI=1S/C17H14F3NO4/c1-11(2-9-16(22)23)24-13-4-6-14(7-5-13)25-15-8-3-12(10-21-15)17(18,19)20/h2-11H,1H3,(H,22,23)/b9-2+. The van der Waals surface area contributed by atoms with Crippen LogP contribution in [0.2, 0.25) is 0 Å². The van der Waals surface area contributed by atoms with Gasteiger partial charge in [-0.3, -0.25) is 0 Å². The van der Waals surface area contributed by atoms with Gasteiger partial charge in [-0.1, -0.05) is 0 Å². The maximum Gasteiger partial charge on any atom is 0.417 e. The number of halogens is 3. The predicted molar refractivity (Wildman–Crippen MR) is 82.6 cm³/mol. The van der Waals surface area contributed by atoms with Crippen molar-refractivity contribution in [2.24, 2.45) is 0 Å². The minimum Gasteiger partial charge on any atom is -0.487 e. The molecule has 0 aliphatic carbocycles. The summed E-state index contributed by atoms with van der Waals surface area (Å²) in [4.78, 5) is 14.0. The van der Waals surface area contributed by atoms with Crippen LogP contribution in [0.5, 0.6) is 17.4 Å². The lowest BCUT2D eigenvalue weighted by molar-refractivity contribution is -0.138. The minimum absolute atomic E-state index is 0.0272. The fourth-order valence-electron chi connectivity index (χ4n) is 1.79. The molecule has 0 spiro atoms. The highest BCUT2D eigenvalue weighted by Gasteiger charge is 2.30. The number of alkyl halides is 3. The van der Waals surface area contributed by atoms with Gasteiger partial charge in [0.2, 0.25) is 5.88 Å². The number of hydrogen-bond donors (Lipinski definition) is 1. The number of aromatic nitrogens is 1. The third kappa shape index (κ3) is 5.83. The zero-order chi connectivity index (χ0) is 18.4. The smallest absolute Gasteiger partial charge is 0.417 e. The number of rotatable bonds is 6. The van der Waals surface area contributed by atoms with Gasteiger partial charge in [-0.2, -0.15) is 13.2 Å². The molecule has 0 saturated heterocycles. The third-order valence-electron chi connectivity index (χ3n) is 2.94. The van der Waals surface area contributed by atoms with E-state index in [1.54, 1.807) is 31.2 Å². The molecule has 2 aromatic rings. The second kappa shape index (κ2) is 7.69. The third-order valence-corrected chi connectivity index (χ3v) is 2.94. The Morgan fingerprint density at radius 1 is 1.16 bits per heavy atom. The molecule has 2 rings (SSSR count). The van der Waals surface area contributed by atoms with Gasteiger partial charge in [0.25, 0.3) is 0 Å². The van der Waals surface area contributed by atoms with Gasteiger partial charge in [-0.25, -0.2) is 9.78 Å². The molecule has 1 N–H and O–H groups in total. The molecule has 8 heteroatoms. The van der Waals surface area contributed by atoms with Crippen LogP contribution in [-0.2, 0) is 11.0 Å². The molecule has 0 saturated carbocycles. The van der Waals surface area contributed by atoms with Gasteiger partial charge in [0.15, 0.2) is 0 Å². The van der Waals surface area contributed by atoms with Crippen LogP contribution in [0.25, 0.3) is 0 Å². The topological polar surface area (TPSA) is 68.7 Å². The average Bonchev–Trinajstić information content (AvgIpc) is 2.54. The van der Waals surface area contributed by atoms with Crippen molar-refractivity contribution in [2.75, 3.05) is 0 Å². The van der Waals surface area contributed by atoms with Crippen molar-refractivity contribution in [2.45, 2.75) is 19.2 Å². The Morgan fingerprint density at radius 2 is 1.80 bits per heavy atom. The summed E-state index contributed by atoms with van der Waals surface area (Å²) in [5, 5.41) is 8.54. The van der Waals surface area contributed by atoms with Gasteiger partial charge < -0.3 is 14.6 Å². The maximum atomic E-state index is 12.5. The number of pyridine rings is 1. The molecule has 1 aromatic carbocycles. The summed E-state index contributed by atoms with van der Waals surface area (Å²) in [6.45, 7) is 1.68. The Kier molecular flexibility index (Phi) is 5.63. The molecule has 0 fully saturated rings. The summed E-state index contributed by atoms with van der Waals surface area (Å²) >= 11 is 0. The molecular weight excluding hydrogens is 339 g/mol. The monoisotopic (exact) mass is 353 g/mol. The molecule has 1 aromatic heterocycles. The molecule has 0 aliphatic rings. The fourth-order valence-corrected chi connectivity index (χ4v) is 1.79. The second-order valence-electron chi connectivity index (χ2n) is 4.98. The number of benzene rings is 1. The van der Waals surface area contributed by atoms with E-state index in [0.717, 1.165) is 18.2 Å². The van der Waals surface area contributed by atoms with Crippen LogP contribution in [-0.4, -0.2) is 22.2 Å². The molecule has 132 valence electrons. The highest BCUT2D eigenvalue weighted by molar-refractivity contribution is 5.79. The van der Waals surface area contributed by atoms with Gasteiger partial charge in [0.1, 0.15) is 17.6 Å². The first-order valence-corrected chi connectivity index (χ1v) is 7.13. The molecule has 5 nitrogen and oxygen atoms in total. The number of carboxylic acids is 1. The molecule has 25 heavy (non-hydrogen) atoms. The maximum absolute atomic E-state index is 12.5. The number of carboxylic acid groups (broad SMARTS) is 1. The first-order valence-electron chi connectivity index (χ1n) is 7.13. The Bertz CT molecular complexity index is 740. The highest BCUT2D eigenvalue weighted by Crippen LogP contribution is 2.30. The van der Waals surface area contributed by atoms with E-state index in [4.69, 9.17) is 14.6 Å². The van der Waals surface area contributed by atoms with Gasteiger partial charge in [0.05, 0.1) is 5.56 Å². The molecule has 0 radical (unpaired) electrons. The quantitative estimate of drug-likeness (QED) is 0.784. The molecule has 1 atom stereocenters. The largest absolute Gasteiger partial charge is 0.487 e. The summed E-state index contributed by atoms with van der Waals surface area (Å²) in [5.41, 5.74) is -0.855. The van der Waals surface area contributed by atoms with E-state index < -0.39 is 23.8 Å². The summed E-state index contributed by atoms with van der Waals surface area (Å²) in [5.74, 6) is -0.189. The summed E-state index contributed by atoms with van der Waals surface area (Å²) in [6, 6.07) is 8.31. The molecule has 0 amide bonds. The number of carbonyl (C=O) groups is 1. The van der Waals surface area contributed by atoms with Crippen molar-refractivity contribution in [3.8, 4) is 17.4 Å². The SMILES string of the molecule is CC(/C=C/C(=O)O)Oc1ccc(Oc2ccc(C(F)(F)F)cn2)cc1. The lowest BCUT2D eigenvalue weighted by Gasteiger charge is -2.11. The van der Waals surface area contributed by atoms with E-state index in [2.05, 4.69) is 4.98 Å². The molecule has 0 aliphatic heterocycles. The van der Waals surface area contributed by atoms with Gasteiger partial charge in [-0.15, -0.1) is 0 Å². The highest BCUT2D eigenvalue weighted by atomic mass is 19.4. The molecular formula is C17H14F3NO4. The van der Waals surface area contributed by atoms with Crippen LogP contribution in [0.3, 0.4) is 0 Å². The fraction of sp³-hybridized carbons (Fsp3) is 0.176. The van der Waals surface area contributed by atoms with E-state index in [0.29, 0.717) is 17.7 Å². The molecule has 0 bridgehead atoms. The minimum atomic E-state index is -4.45. The second-order valence-corrected chi connectivity index (χ2v) is 4.98. The summed E-state index contributed by atoms with van der Waals surface area (Å²) in [7, 11) is 0. The van der Waals surface area contributed by atoms with E-state index in [1.807, 2.05) is 0 Å². The lowest BCUT2D eigenvalue weighted by atomic mass is 10.3. The number of nitrogens with zero attached hydrogens (tertiary/aromatic N) is 1. The van der Waals surface area contributed by atoms with Crippen LogP contribution >= 0.6 is 0 Å². The van der Waals surface area contributed by atoms with Crippen LogP contribution in [0.1, 0.15) is 12.5 Å². The predicted octanol–water partition coefficient (Wildman–Crippen LogP) is 4.30. The van der Waals surface area contributed by atoms with Crippen molar-refractivity contribution >= 4 is 5.97 Å². The lowest BCUT2D eigenvalue weighted by Crippen LogP contribution is -2.08. The van der Waals surface area contributed by atoms with Crippen molar-refractivity contribution in [1.82, 2.24) is 4.98 Å². The molecule has 1 heterocycles. The first-order chi connectivity index (χ1) is 11.7.